The largest absolute Gasteiger partial charge is 0.477 e. The molecule has 2 aromatic rings. The van der Waals surface area contributed by atoms with Gasteiger partial charge in [0, 0.05) is 5.39 Å². The third-order valence-electron chi connectivity index (χ3n) is 2.04. The van der Waals surface area contributed by atoms with Crippen molar-refractivity contribution < 1.29 is 9.90 Å². The Bertz CT molecular complexity index is 519. The molecule has 0 aliphatic heterocycles. The van der Waals surface area contributed by atoms with Gasteiger partial charge in [-0.2, -0.15) is 0 Å². The Labute approximate surface area is 84.3 Å². The predicted octanol–water partition coefficient (Wildman–Crippen LogP) is 2.10. The van der Waals surface area contributed by atoms with Crippen LogP contribution in [-0.4, -0.2) is 16.1 Å². The van der Waals surface area contributed by atoms with Gasteiger partial charge < -0.3 is 15.8 Å². The average Bonchev–Trinajstić information content (AvgIpc) is 2.46. The summed E-state index contributed by atoms with van der Waals surface area (Å²) in [5.74, 6) is -1.09. The third-order valence-corrected chi connectivity index (χ3v) is 2.35. The summed E-state index contributed by atoms with van der Waals surface area (Å²) in [6.07, 6.45) is 0. The van der Waals surface area contributed by atoms with Gasteiger partial charge in [0.15, 0.2) is 0 Å². The number of rotatable bonds is 1. The van der Waals surface area contributed by atoms with Gasteiger partial charge in [0.1, 0.15) is 5.69 Å². The molecule has 2 rings (SSSR count). The van der Waals surface area contributed by atoms with Crippen molar-refractivity contribution in [3.05, 3.63) is 28.9 Å². The zero-order chi connectivity index (χ0) is 10.3. The van der Waals surface area contributed by atoms with E-state index in [9.17, 15) is 4.79 Å². The molecule has 4 nitrogen and oxygen atoms in total. The van der Waals surface area contributed by atoms with Gasteiger partial charge in [-0.3, -0.25) is 0 Å². The topological polar surface area (TPSA) is 79.1 Å². The van der Waals surface area contributed by atoms with Crippen molar-refractivity contribution in [1.82, 2.24) is 4.98 Å². The molecule has 1 aromatic carbocycles. The molecule has 0 radical (unpaired) electrons. The van der Waals surface area contributed by atoms with Crippen LogP contribution in [0.25, 0.3) is 10.9 Å². The van der Waals surface area contributed by atoms with Crippen molar-refractivity contribution in [3.63, 3.8) is 0 Å². The molecule has 0 fully saturated rings. The molecule has 0 atom stereocenters. The van der Waals surface area contributed by atoms with Crippen molar-refractivity contribution in [2.24, 2.45) is 0 Å². The minimum atomic E-state index is -1.09. The zero-order valence-electron chi connectivity index (χ0n) is 7.04. The molecule has 72 valence electrons. The highest BCUT2D eigenvalue weighted by atomic mass is 35.5. The number of anilines is 1. The highest BCUT2D eigenvalue weighted by Crippen LogP contribution is 2.29. The Kier molecular flexibility index (Phi) is 1.86. The van der Waals surface area contributed by atoms with E-state index < -0.39 is 5.97 Å². The molecule has 5 heteroatoms. The van der Waals surface area contributed by atoms with Gasteiger partial charge in [-0.05, 0) is 6.07 Å². The summed E-state index contributed by atoms with van der Waals surface area (Å²) < 4.78 is 0. The van der Waals surface area contributed by atoms with E-state index in [-0.39, 0.29) is 11.4 Å². The van der Waals surface area contributed by atoms with Crippen LogP contribution < -0.4 is 5.73 Å². The van der Waals surface area contributed by atoms with Gasteiger partial charge >= 0.3 is 5.97 Å². The number of H-pyrrole nitrogens is 1. The van der Waals surface area contributed by atoms with E-state index in [4.69, 9.17) is 22.4 Å². The Hall–Kier alpha value is -1.68. The molecule has 14 heavy (non-hydrogen) atoms. The van der Waals surface area contributed by atoms with Gasteiger partial charge in [-0.25, -0.2) is 4.79 Å². The van der Waals surface area contributed by atoms with Crippen LogP contribution in [0.2, 0.25) is 5.02 Å². The number of halogens is 1. The molecule has 0 aliphatic carbocycles. The van der Waals surface area contributed by atoms with E-state index in [1.807, 2.05) is 0 Å². The average molecular weight is 211 g/mol. The first kappa shape index (κ1) is 8.90. The van der Waals surface area contributed by atoms with Crippen molar-refractivity contribution >= 4 is 34.2 Å². The second-order valence-corrected chi connectivity index (χ2v) is 3.29. The number of nitrogens with one attached hydrogen (secondary N) is 1. The lowest BCUT2D eigenvalue weighted by molar-refractivity contribution is 0.0692. The number of carbonyl (C=O) groups is 1. The monoisotopic (exact) mass is 210 g/mol. The van der Waals surface area contributed by atoms with Crippen molar-refractivity contribution in [2.75, 3.05) is 5.73 Å². The quantitative estimate of drug-likeness (QED) is 0.675. The number of carboxylic acids is 1. The lowest BCUT2D eigenvalue weighted by Gasteiger charge is -1.92. The van der Waals surface area contributed by atoms with E-state index in [0.29, 0.717) is 15.9 Å². The van der Waals surface area contributed by atoms with Crippen LogP contribution in [0.5, 0.6) is 0 Å². The van der Waals surface area contributed by atoms with Crippen molar-refractivity contribution in [2.45, 2.75) is 0 Å². The standard InChI is InChI=1S/C9H7ClN2O2/c10-5-3-1-2-4-6(11)8(9(13)14)12-7(4)5/h1-3,12H,11H2,(H,13,14). The minimum absolute atomic E-state index is 0.0203. The van der Waals surface area contributed by atoms with Crippen LogP contribution >= 0.6 is 11.6 Å². The number of carboxylic acid groups (broad SMARTS) is 1. The number of aromatic carboxylic acids is 1. The molecule has 0 saturated heterocycles. The number of nitrogen functional groups attached to an aromatic ring is 1. The molecule has 0 saturated carbocycles. The maximum Gasteiger partial charge on any atom is 0.354 e. The Morgan fingerprint density at radius 2 is 2.21 bits per heavy atom. The summed E-state index contributed by atoms with van der Waals surface area (Å²) in [6.45, 7) is 0. The predicted molar refractivity (Wildman–Crippen MR) is 54.7 cm³/mol. The first-order valence-corrected chi connectivity index (χ1v) is 4.28. The summed E-state index contributed by atoms with van der Waals surface area (Å²) in [5.41, 5.74) is 6.39. The lowest BCUT2D eigenvalue weighted by atomic mass is 10.2. The van der Waals surface area contributed by atoms with Crippen molar-refractivity contribution in [3.8, 4) is 0 Å². The summed E-state index contributed by atoms with van der Waals surface area (Å²) in [5, 5.41) is 9.90. The normalized spacial score (nSPS) is 10.6. The van der Waals surface area contributed by atoms with Gasteiger partial charge in [0.25, 0.3) is 0 Å². The van der Waals surface area contributed by atoms with Gasteiger partial charge in [0.2, 0.25) is 0 Å². The smallest absolute Gasteiger partial charge is 0.354 e. The highest BCUT2D eigenvalue weighted by molar-refractivity contribution is 6.35. The third kappa shape index (κ3) is 1.12. The van der Waals surface area contributed by atoms with Crippen LogP contribution in [0.3, 0.4) is 0 Å². The molecule has 0 unspecified atom stereocenters. The van der Waals surface area contributed by atoms with Crippen molar-refractivity contribution in [1.29, 1.82) is 0 Å². The van der Waals surface area contributed by atoms with E-state index in [1.54, 1.807) is 18.2 Å². The van der Waals surface area contributed by atoms with E-state index >= 15 is 0 Å². The Balaban J connectivity index is 2.86. The first-order chi connectivity index (χ1) is 6.61. The molecular weight excluding hydrogens is 204 g/mol. The zero-order valence-corrected chi connectivity index (χ0v) is 7.80. The number of aromatic amines is 1. The number of hydrogen-bond donors (Lipinski definition) is 3. The molecular formula is C9H7ClN2O2. The van der Waals surface area contributed by atoms with Crippen LogP contribution in [0.4, 0.5) is 5.69 Å². The van der Waals surface area contributed by atoms with E-state index in [0.717, 1.165) is 0 Å². The number of aromatic nitrogens is 1. The van der Waals surface area contributed by atoms with Crippen LogP contribution in [-0.2, 0) is 0 Å². The molecule has 0 aliphatic rings. The van der Waals surface area contributed by atoms with Gasteiger partial charge in [0.05, 0.1) is 16.2 Å². The maximum absolute atomic E-state index is 10.7. The van der Waals surface area contributed by atoms with E-state index in [2.05, 4.69) is 4.98 Å². The Morgan fingerprint density at radius 1 is 1.50 bits per heavy atom. The summed E-state index contributed by atoms with van der Waals surface area (Å²) >= 11 is 5.87. The maximum atomic E-state index is 10.7. The molecule has 0 bridgehead atoms. The second kappa shape index (κ2) is 2.92. The molecule has 0 spiro atoms. The van der Waals surface area contributed by atoms with Crippen LogP contribution in [0, 0.1) is 0 Å². The summed E-state index contributed by atoms with van der Waals surface area (Å²) in [7, 11) is 0. The fourth-order valence-electron chi connectivity index (χ4n) is 1.37. The van der Waals surface area contributed by atoms with Gasteiger partial charge in [-0.1, -0.05) is 23.7 Å². The number of nitrogens with two attached hydrogens (primary N) is 1. The number of fused-ring (bicyclic) bond motifs is 1. The SMILES string of the molecule is Nc1c(C(=O)O)[nH]c2c(Cl)cccc12. The minimum Gasteiger partial charge on any atom is -0.477 e. The molecule has 0 amide bonds. The molecule has 1 aromatic heterocycles. The summed E-state index contributed by atoms with van der Waals surface area (Å²) in [4.78, 5) is 13.4. The first-order valence-electron chi connectivity index (χ1n) is 3.90. The number of hydrogen-bond acceptors (Lipinski definition) is 2. The summed E-state index contributed by atoms with van der Waals surface area (Å²) in [6, 6.07) is 5.12. The van der Waals surface area contributed by atoms with Crippen LogP contribution in [0.15, 0.2) is 18.2 Å². The fraction of sp³-hybridized carbons (Fsp3) is 0. The van der Waals surface area contributed by atoms with Crippen LogP contribution in [0.1, 0.15) is 10.5 Å². The van der Waals surface area contributed by atoms with E-state index in [1.165, 1.54) is 0 Å². The second-order valence-electron chi connectivity index (χ2n) is 2.88. The highest BCUT2D eigenvalue weighted by Gasteiger charge is 2.15. The number of benzene rings is 1. The fourth-order valence-corrected chi connectivity index (χ4v) is 1.59. The number of para-hydroxylation sites is 1. The van der Waals surface area contributed by atoms with Gasteiger partial charge in [-0.15, -0.1) is 0 Å². The molecule has 1 heterocycles. The lowest BCUT2D eigenvalue weighted by Crippen LogP contribution is -2.00. The Morgan fingerprint density at radius 3 is 2.79 bits per heavy atom. The molecule has 4 N–H and O–H groups in total.